The van der Waals surface area contributed by atoms with Crippen LogP contribution >= 0.6 is 0 Å². The van der Waals surface area contributed by atoms with Gasteiger partial charge in [-0.25, -0.2) is 4.68 Å². The summed E-state index contributed by atoms with van der Waals surface area (Å²) in [5.41, 5.74) is 1.29. The summed E-state index contributed by atoms with van der Waals surface area (Å²) in [7, 11) is 0. The molecule has 0 amide bonds. The number of fused-ring (bicyclic) bond motifs is 2. The normalized spacial score (nSPS) is 22.2. The molecule has 2 fully saturated rings. The number of hydrogen-bond donors (Lipinski definition) is 1. The molecule has 3 atom stereocenters. The highest BCUT2D eigenvalue weighted by atomic mass is 16.7. The molecule has 6 rings (SSSR count). The van der Waals surface area contributed by atoms with Gasteiger partial charge in [0.25, 0.3) is 5.56 Å². The van der Waals surface area contributed by atoms with Crippen LogP contribution in [0.3, 0.4) is 0 Å². The minimum Gasteiger partial charge on any atom is -0.454 e. The van der Waals surface area contributed by atoms with Crippen molar-refractivity contribution in [1.82, 2.24) is 30.1 Å². The Kier molecular flexibility index (Phi) is 6.60. The van der Waals surface area contributed by atoms with Gasteiger partial charge < -0.3 is 23.9 Å². The number of benzene rings is 1. The third kappa shape index (κ3) is 4.70. The second-order valence-corrected chi connectivity index (χ2v) is 9.76. The van der Waals surface area contributed by atoms with Crippen molar-refractivity contribution in [2.75, 3.05) is 26.6 Å². The van der Waals surface area contributed by atoms with Gasteiger partial charge in [0.2, 0.25) is 6.79 Å². The maximum Gasteiger partial charge on any atom is 0.252 e. The van der Waals surface area contributed by atoms with E-state index in [0.717, 1.165) is 62.0 Å². The van der Waals surface area contributed by atoms with E-state index < -0.39 is 0 Å². The summed E-state index contributed by atoms with van der Waals surface area (Å²) in [4.78, 5) is 18.5. The Balaban J connectivity index is 1.31. The van der Waals surface area contributed by atoms with E-state index in [9.17, 15) is 4.79 Å². The number of H-pyrrole nitrogens is 1. The summed E-state index contributed by atoms with van der Waals surface area (Å²) >= 11 is 0. The highest BCUT2D eigenvalue weighted by Crippen LogP contribution is 2.35. The van der Waals surface area contributed by atoms with Crippen LogP contribution in [0.1, 0.15) is 56.5 Å². The third-order valence-electron chi connectivity index (χ3n) is 7.34. The van der Waals surface area contributed by atoms with Crippen LogP contribution in [0, 0.1) is 0 Å². The number of pyridine rings is 1. The van der Waals surface area contributed by atoms with Gasteiger partial charge >= 0.3 is 0 Å². The average molecular weight is 497 g/mol. The zero-order valence-electron chi connectivity index (χ0n) is 20.5. The lowest BCUT2D eigenvalue weighted by Crippen LogP contribution is -2.38. The molecule has 1 aromatic carbocycles. The first-order valence-corrected chi connectivity index (χ1v) is 12.9. The quantitative estimate of drug-likeness (QED) is 0.477. The molecule has 0 radical (unpaired) electrons. The first-order valence-electron chi connectivity index (χ1n) is 12.9. The van der Waals surface area contributed by atoms with Crippen LogP contribution in [-0.2, 0) is 22.6 Å². The minimum atomic E-state index is -0.118. The van der Waals surface area contributed by atoms with Crippen molar-refractivity contribution < 1.29 is 18.9 Å². The smallest absolute Gasteiger partial charge is 0.252 e. The molecule has 0 saturated carbocycles. The number of nitrogens with zero attached hydrogens (tertiary/aromatic N) is 5. The molecule has 3 aromatic rings. The molecule has 1 N–H and O–H groups in total. The van der Waals surface area contributed by atoms with Crippen LogP contribution in [0.5, 0.6) is 11.5 Å². The van der Waals surface area contributed by atoms with E-state index in [-0.39, 0.29) is 30.6 Å². The number of ether oxygens (including phenoxy) is 4. The number of hydrogen-bond acceptors (Lipinski definition) is 9. The largest absolute Gasteiger partial charge is 0.454 e. The van der Waals surface area contributed by atoms with Gasteiger partial charge in [-0.05, 0) is 54.7 Å². The lowest BCUT2D eigenvalue weighted by Gasteiger charge is -2.32. The zero-order valence-corrected chi connectivity index (χ0v) is 20.5. The van der Waals surface area contributed by atoms with E-state index in [1.807, 2.05) is 22.9 Å². The molecule has 0 bridgehead atoms. The molecule has 2 saturated heterocycles. The van der Waals surface area contributed by atoms with Crippen molar-refractivity contribution in [3.05, 3.63) is 39.9 Å². The zero-order chi connectivity index (χ0) is 24.5. The SMILES string of the molecule is CC[C@H](c1nnnn1C[C@@H]1CCCO1)N(Cc1cc2cc3c(cc2[nH]c1=O)OCO3)C[C@H]1CCCO1. The fourth-order valence-corrected chi connectivity index (χ4v) is 5.49. The predicted molar refractivity (Wildman–Crippen MR) is 130 cm³/mol. The Morgan fingerprint density at radius 3 is 2.64 bits per heavy atom. The van der Waals surface area contributed by atoms with Gasteiger partial charge in [-0.15, -0.1) is 5.10 Å². The minimum absolute atomic E-state index is 0.0718. The van der Waals surface area contributed by atoms with Gasteiger partial charge in [-0.2, -0.15) is 0 Å². The van der Waals surface area contributed by atoms with Gasteiger partial charge in [0, 0.05) is 43.3 Å². The Hall–Kier alpha value is -3.02. The van der Waals surface area contributed by atoms with Crippen LogP contribution in [0.25, 0.3) is 10.9 Å². The molecule has 3 aliphatic rings. The molecule has 11 heteroatoms. The van der Waals surface area contributed by atoms with E-state index in [2.05, 4.69) is 32.3 Å². The maximum absolute atomic E-state index is 13.2. The lowest BCUT2D eigenvalue weighted by molar-refractivity contribution is 0.0470. The van der Waals surface area contributed by atoms with Gasteiger partial charge in [-0.3, -0.25) is 9.69 Å². The maximum atomic E-state index is 13.2. The molecule has 5 heterocycles. The molecule has 0 aliphatic carbocycles. The van der Waals surface area contributed by atoms with E-state index in [1.54, 1.807) is 0 Å². The number of rotatable bonds is 9. The fraction of sp³-hybridized carbons (Fsp3) is 0.600. The molecule has 3 aliphatic heterocycles. The molecular weight excluding hydrogens is 464 g/mol. The molecular formula is C25H32N6O5. The van der Waals surface area contributed by atoms with Gasteiger partial charge in [0.15, 0.2) is 17.3 Å². The molecule has 0 unspecified atom stereocenters. The standard InChI is InChI=1S/C25H32N6O5/c1-2-21(24-27-28-29-31(24)14-19-6-4-8-34-19)30(13-18-5-3-7-33-18)12-17-9-16-10-22-23(36-15-35-22)11-20(16)26-25(17)32/h9-11,18-19,21H,2-8,12-15H2,1H3,(H,26,32)/t18-,19+,21-/m1/s1. The highest BCUT2D eigenvalue weighted by molar-refractivity contribution is 5.83. The summed E-state index contributed by atoms with van der Waals surface area (Å²) in [5.74, 6) is 2.14. The van der Waals surface area contributed by atoms with Crippen LogP contribution in [0.4, 0.5) is 0 Å². The highest BCUT2D eigenvalue weighted by Gasteiger charge is 2.30. The first-order chi connectivity index (χ1) is 17.7. The van der Waals surface area contributed by atoms with E-state index in [1.165, 1.54) is 0 Å². The third-order valence-corrected chi connectivity index (χ3v) is 7.34. The van der Waals surface area contributed by atoms with Gasteiger partial charge in [-0.1, -0.05) is 6.92 Å². The second kappa shape index (κ2) is 10.2. The number of nitrogens with one attached hydrogen (secondary N) is 1. The van der Waals surface area contributed by atoms with Crippen LogP contribution in [-0.4, -0.2) is 68.9 Å². The first kappa shape index (κ1) is 23.4. The van der Waals surface area contributed by atoms with Gasteiger partial charge in [0.05, 0.1) is 30.3 Å². The Labute approximate surface area is 208 Å². The lowest BCUT2D eigenvalue weighted by atomic mass is 10.1. The molecule has 36 heavy (non-hydrogen) atoms. The monoisotopic (exact) mass is 496 g/mol. The van der Waals surface area contributed by atoms with Crippen molar-refractivity contribution >= 4 is 10.9 Å². The summed E-state index contributed by atoms with van der Waals surface area (Å²) in [6.45, 7) is 5.66. The Bertz CT molecular complexity index is 1260. The Morgan fingerprint density at radius 2 is 1.89 bits per heavy atom. The van der Waals surface area contributed by atoms with E-state index in [0.29, 0.717) is 36.7 Å². The number of tetrazole rings is 1. The summed E-state index contributed by atoms with van der Waals surface area (Å²) < 4.78 is 24.7. The van der Waals surface area contributed by atoms with Crippen molar-refractivity contribution in [2.24, 2.45) is 0 Å². The average Bonchev–Trinajstić information content (AvgIpc) is 3.68. The van der Waals surface area contributed by atoms with Gasteiger partial charge in [0.1, 0.15) is 0 Å². The summed E-state index contributed by atoms with van der Waals surface area (Å²) in [5, 5.41) is 13.6. The summed E-state index contributed by atoms with van der Waals surface area (Å²) in [6, 6.07) is 5.61. The van der Waals surface area contributed by atoms with E-state index >= 15 is 0 Å². The van der Waals surface area contributed by atoms with Crippen LogP contribution < -0.4 is 15.0 Å². The number of aromatic nitrogens is 5. The summed E-state index contributed by atoms with van der Waals surface area (Å²) in [6.07, 6.45) is 5.18. The van der Waals surface area contributed by atoms with E-state index in [4.69, 9.17) is 18.9 Å². The molecule has 11 nitrogen and oxygen atoms in total. The topological polar surface area (TPSA) is 117 Å². The van der Waals surface area contributed by atoms with Crippen molar-refractivity contribution in [3.8, 4) is 11.5 Å². The van der Waals surface area contributed by atoms with Crippen LogP contribution in [0.2, 0.25) is 0 Å². The Morgan fingerprint density at radius 1 is 1.11 bits per heavy atom. The second-order valence-electron chi connectivity index (χ2n) is 9.76. The van der Waals surface area contributed by atoms with Crippen molar-refractivity contribution in [3.63, 3.8) is 0 Å². The van der Waals surface area contributed by atoms with Crippen molar-refractivity contribution in [2.45, 2.75) is 70.4 Å². The fourth-order valence-electron chi connectivity index (χ4n) is 5.49. The predicted octanol–water partition coefficient (Wildman–Crippen LogP) is 2.55. The van der Waals surface area contributed by atoms with Crippen LogP contribution in [0.15, 0.2) is 23.0 Å². The van der Waals surface area contributed by atoms with Crippen molar-refractivity contribution in [1.29, 1.82) is 0 Å². The molecule has 192 valence electrons. The molecule has 0 spiro atoms. The number of aromatic amines is 1. The molecule has 2 aromatic heterocycles.